The van der Waals surface area contributed by atoms with Gasteiger partial charge in [-0.15, -0.1) is 11.3 Å². The second-order valence-electron chi connectivity index (χ2n) is 5.17. The third kappa shape index (κ3) is 3.00. The number of carbonyl (C=O) groups is 1. The van der Waals surface area contributed by atoms with Gasteiger partial charge in [0.25, 0.3) is 5.91 Å². The number of furan rings is 1. The van der Waals surface area contributed by atoms with Crippen LogP contribution in [0.2, 0.25) is 5.22 Å². The molecule has 0 aliphatic carbocycles. The standard InChI is InChI=1S/C15H16ClNO3S/c16-14-11(5-7-20-14)15(19)17-6-1-3-10(17)9-12(18)13-4-2-8-21-13/h2,4-5,7-8,10,12,18H,1,3,6,9H2. The third-order valence-corrected chi connectivity index (χ3v) is 5.12. The van der Waals surface area contributed by atoms with Crippen LogP contribution in [0.5, 0.6) is 0 Å². The maximum absolute atomic E-state index is 12.5. The van der Waals surface area contributed by atoms with Crippen molar-refractivity contribution < 1.29 is 14.3 Å². The summed E-state index contributed by atoms with van der Waals surface area (Å²) in [5.41, 5.74) is 0.397. The summed E-state index contributed by atoms with van der Waals surface area (Å²) >= 11 is 7.42. The molecule has 2 aromatic rings. The molecule has 1 N–H and O–H groups in total. The summed E-state index contributed by atoms with van der Waals surface area (Å²) in [5.74, 6) is -0.116. The predicted octanol–water partition coefficient (Wildman–Crippen LogP) is 3.72. The number of thiophene rings is 1. The fourth-order valence-electron chi connectivity index (χ4n) is 2.80. The summed E-state index contributed by atoms with van der Waals surface area (Å²) in [7, 11) is 0. The fraction of sp³-hybridized carbons (Fsp3) is 0.400. The highest BCUT2D eigenvalue weighted by molar-refractivity contribution is 7.10. The minimum absolute atomic E-state index is 0.0422. The van der Waals surface area contributed by atoms with Gasteiger partial charge in [0, 0.05) is 17.5 Å². The van der Waals surface area contributed by atoms with Crippen molar-refractivity contribution in [1.82, 2.24) is 4.90 Å². The number of aliphatic hydroxyl groups excluding tert-OH is 1. The lowest BCUT2D eigenvalue weighted by Gasteiger charge is -2.26. The Morgan fingerprint density at radius 2 is 2.43 bits per heavy atom. The van der Waals surface area contributed by atoms with Crippen LogP contribution in [0.15, 0.2) is 34.3 Å². The molecule has 1 saturated heterocycles. The molecular formula is C15H16ClNO3S. The average Bonchev–Trinajstić information content (AvgIpc) is 3.19. The quantitative estimate of drug-likeness (QED) is 0.932. The van der Waals surface area contributed by atoms with E-state index in [1.807, 2.05) is 17.5 Å². The number of likely N-dealkylation sites (tertiary alicyclic amines) is 1. The van der Waals surface area contributed by atoms with Gasteiger partial charge < -0.3 is 14.4 Å². The molecule has 1 aliphatic heterocycles. The average molecular weight is 326 g/mol. The molecule has 21 heavy (non-hydrogen) atoms. The molecule has 0 spiro atoms. The lowest BCUT2D eigenvalue weighted by atomic mass is 10.1. The highest BCUT2D eigenvalue weighted by atomic mass is 35.5. The Kier molecular flexibility index (Phi) is 4.33. The zero-order chi connectivity index (χ0) is 14.8. The normalized spacial score (nSPS) is 19.9. The second-order valence-corrected chi connectivity index (χ2v) is 6.49. The first kappa shape index (κ1) is 14.6. The minimum Gasteiger partial charge on any atom is -0.452 e. The fourth-order valence-corrected chi connectivity index (χ4v) is 3.72. The molecule has 2 unspecified atom stereocenters. The maximum Gasteiger partial charge on any atom is 0.258 e. The lowest BCUT2D eigenvalue weighted by molar-refractivity contribution is 0.0669. The number of hydrogen-bond donors (Lipinski definition) is 1. The van der Waals surface area contributed by atoms with E-state index in [-0.39, 0.29) is 17.2 Å². The predicted molar refractivity (Wildman–Crippen MR) is 81.7 cm³/mol. The van der Waals surface area contributed by atoms with Crippen molar-refractivity contribution in [1.29, 1.82) is 0 Å². The Hall–Kier alpha value is -1.30. The Balaban J connectivity index is 1.71. The van der Waals surface area contributed by atoms with E-state index < -0.39 is 6.10 Å². The van der Waals surface area contributed by atoms with Crippen LogP contribution in [0.4, 0.5) is 0 Å². The van der Waals surface area contributed by atoms with E-state index in [1.165, 1.54) is 17.6 Å². The Bertz CT molecular complexity index is 610. The molecule has 112 valence electrons. The lowest BCUT2D eigenvalue weighted by Crippen LogP contribution is -2.36. The highest BCUT2D eigenvalue weighted by Gasteiger charge is 2.32. The van der Waals surface area contributed by atoms with Gasteiger partial charge in [-0.2, -0.15) is 0 Å². The molecule has 2 atom stereocenters. The Labute approximate surface area is 131 Å². The van der Waals surface area contributed by atoms with Gasteiger partial charge in [-0.1, -0.05) is 6.07 Å². The van der Waals surface area contributed by atoms with Crippen molar-refractivity contribution in [3.05, 3.63) is 45.5 Å². The van der Waals surface area contributed by atoms with Gasteiger partial charge >= 0.3 is 0 Å². The first-order valence-corrected chi connectivity index (χ1v) is 8.18. The minimum atomic E-state index is -0.525. The van der Waals surface area contributed by atoms with Crippen molar-refractivity contribution in [3.8, 4) is 0 Å². The van der Waals surface area contributed by atoms with E-state index in [4.69, 9.17) is 16.0 Å². The Morgan fingerprint density at radius 1 is 1.57 bits per heavy atom. The number of carbonyl (C=O) groups excluding carboxylic acids is 1. The van der Waals surface area contributed by atoms with E-state index in [1.54, 1.807) is 11.0 Å². The van der Waals surface area contributed by atoms with Crippen molar-refractivity contribution in [2.45, 2.75) is 31.4 Å². The molecule has 3 rings (SSSR count). The molecule has 0 aromatic carbocycles. The second kappa shape index (κ2) is 6.22. The van der Waals surface area contributed by atoms with Gasteiger partial charge in [-0.3, -0.25) is 4.79 Å². The van der Waals surface area contributed by atoms with Gasteiger partial charge in [0.1, 0.15) is 0 Å². The van der Waals surface area contributed by atoms with Crippen LogP contribution in [-0.4, -0.2) is 28.5 Å². The number of rotatable bonds is 4. The molecular weight excluding hydrogens is 310 g/mol. The van der Waals surface area contributed by atoms with Crippen LogP contribution >= 0.6 is 22.9 Å². The first-order valence-electron chi connectivity index (χ1n) is 6.92. The van der Waals surface area contributed by atoms with Crippen LogP contribution in [0.25, 0.3) is 0 Å². The van der Waals surface area contributed by atoms with E-state index >= 15 is 0 Å². The highest BCUT2D eigenvalue weighted by Crippen LogP contribution is 2.31. The van der Waals surface area contributed by atoms with Crippen molar-refractivity contribution in [3.63, 3.8) is 0 Å². The third-order valence-electron chi connectivity index (χ3n) is 3.85. The van der Waals surface area contributed by atoms with Crippen LogP contribution in [0, 0.1) is 0 Å². The molecule has 0 radical (unpaired) electrons. The van der Waals surface area contributed by atoms with Gasteiger partial charge in [-0.25, -0.2) is 0 Å². The summed E-state index contributed by atoms with van der Waals surface area (Å²) in [4.78, 5) is 15.2. The molecule has 4 nitrogen and oxygen atoms in total. The van der Waals surface area contributed by atoms with Crippen molar-refractivity contribution >= 4 is 28.8 Å². The van der Waals surface area contributed by atoms with Gasteiger partial charge in [0.05, 0.1) is 17.9 Å². The van der Waals surface area contributed by atoms with Crippen molar-refractivity contribution in [2.24, 2.45) is 0 Å². The molecule has 0 saturated carbocycles. The number of nitrogens with zero attached hydrogens (tertiary/aromatic N) is 1. The van der Waals surface area contributed by atoms with Crippen LogP contribution < -0.4 is 0 Å². The molecule has 0 bridgehead atoms. The summed E-state index contributed by atoms with van der Waals surface area (Å²) in [6.45, 7) is 0.697. The van der Waals surface area contributed by atoms with E-state index in [2.05, 4.69) is 0 Å². The zero-order valence-corrected chi connectivity index (χ0v) is 12.9. The topological polar surface area (TPSA) is 53.7 Å². The van der Waals surface area contributed by atoms with Crippen LogP contribution in [0.3, 0.4) is 0 Å². The van der Waals surface area contributed by atoms with Crippen LogP contribution in [0.1, 0.15) is 40.6 Å². The van der Waals surface area contributed by atoms with Gasteiger partial charge in [0.15, 0.2) is 0 Å². The molecule has 1 fully saturated rings. The molecule has 1 amide bonds. The largest absolute Gasteiger partial charge is 0.452 e. The molecule has 6 heteroatoms. The SMILES string of the molecule is O=C(c1ccoc1Cl)N1CCCC1CC(O)c1cccs1. The number of hydrogen-bond acceptors (Lipinski definition) is 4. The smallest absolute Gasteiger partial charge is 0.258 e. The van der Waals surface area contributed by atoms with Crippen molar-refractivity contribution in [2.75, 3.05) is 6.54 Å². The monoisotopic (exact) mass is 325 g/mol. The Morgan fingerprint density at radius 3 is 3.10 bits per heavy atom. The van der Waals surface area contributed by atoms with E-state index in [0.717, 1.165) is 17.7 Å². The zero-order valence-electron chi connectivity index (χ0n) is 11.4. The summed E-state index contributed by atoms with van der Waals surface area (Å²) in [6.07, 6.45) is 3.30. The maximum atomic E-state index is 12.5. The molecule has 1 aliphatic rings. The summed E-state index contributed by atoms with van der Waals surface area (Å²) < 4.78 is 4.99. The number of aliphatic hydroxyl groups is 1. The van der Waals surface area contributed by atoms with Gasteiger partial charge in [0.2, 0.25) is 5.22 Å². The van der Waals surface area contributed by atoms with E-state index in [0.29, 0.717) is 18.5 Å². The van der Waals surface area contributed by atoms with Gasteiger partial charge in [-0.05, 0) is 48.4 Å². The summed E-state index contributed by atoms with van der Waals surface area (Å²) in [5, 5.41) is 12.4. The number of amides is 1. The number of halogens is 1. The molecule has 3 heterocycles. The van der Waals surface area contributed by atoms with Crippen LogP contribution in [-0.2, 0) is 0 Å². The van der Waals surface area contributed by atoms with E-state index in [9.17, 15) is 9.90 Å². The first-order chi connectivity index (χ1) is 10.2. The summed E-state index contributed by atoms with van der Waals surface area (Å²) in [6, 6.07) is 5.48. The molecule has 2 aromatic heterocycles.